The number of aromatic nitrogens is 2. The molecule has 3 rings (SSSR count). The molecule has 0 aromatic carbocycles. The Morgan fingerprint density at radius 1 is 1.35 bits per heavy atom. The number of nitrogens with two attached hydrogens (primary N) is 1. The Morgan fingerprint density at radius 2 is 2.10 bits per heavy atom. The van der Waals surface area contributed by atoms with Gasteiger partial charge in [0.25, 0.3) is 0 Å². The number of hydrazine groups is 1. The van der Waals surface area contributed by atoms with E-state index in [2.05, 4.69) is 36.1 Å². The molecule has 0 aliphatic heterocycles. The third-order valence-corrected chi connectivity index (χ3v) is 5.13. The van der Waals surface area contributed by atoms with Crippen LogP contribution in [0.5, 0.6) is 0 Å². The van der Waals surface area contributed by atoms with Gasteiger partial charge in [-0.1, -0.05) is 6.92 Å². The van der Waals surface area contributed by atoms with Crippen LogP contribution in [0.25, 0.3) is 10.2 Å². The van der Waals surface area contributed by atoms with Crippen LogP contribution in [0.1, 0.15) is 36.0 Å². The topological polar surface area (TPSA) is 67.1 Å². The van der Waals surface area contributed by atoms with Crippen molar-refractivity contribution in [3.8, 4) is 0 Å². The van der Waals surface area contributed by atoms with Gasteiger partial charge >= 0.3 is 0 Å². The molecule has 0 saturated heterocycles. The summed E-state index contributed by atoms with van der Waals surface area (Å²) in [5, 5.41) is 1.06. The van der Waals surface area contributed by atoms with Crippen molar-refractivity contribution in [3.63, 3.8) is 0 Å². The molecule has 5 nitrogen and oxygen atoms in total. The first kappa shape index (κ1) is 13.7. The molecule has 0 atom stereocenters. The summed E-state index contributed by atoms with van der Waals surface area (Å²) >= 11 is 1.72. The highest BCUT2D eigenvalue weighted by Gasteiger charge is 2.28. The first-order valence-corrected chi connectivity index (χ1v) is 7.93. The lowest BCUT2D eigenvalue weighted by molar-refractivity contribution is 0.263. The quantitative estimate of drug-likeness (QED) is 0.654. The fourth-order valence-corrected chi connectivity index (χ4v) is 3.64. The molecule has 2 heterocycles. The molecule has 2 aromatic rings. The third kappa shape index (κ3) is 2.39. The summed E-state index contributed by atoms with van der Waals surface area (Å²) in [5.41, 5.74) is 3.96. The second kappa shape index (κ2) is 5.27. The summed E-state index contributed by atoms with van der Waals surface area (Å²) in [5.74, 6) is 7.26. The number of fused-ring (bicyclic) bond motifs is 1. The number of nitrogen functional groups attached to an aromatic ring is 1. The van der Waals surface area contributed by atoms with Crippen LogP contribution in [0, 0.1) is 13.8 Å². The summed E-state index contributed by atoms with van der Waals surface area (Å²) < 4.78 is 0. The predicted octanol–water partition coefficient (Wildman–Crippen LogP) is 2.58. The minimum absolute atomic E-state index is 0.723. The van der Waals surface area contributed by atoms with E-state index in [1.165, 1.54) is 23.3 Å². The van der Waals surface area contributed by atoms with E-state index in [1.54, 1.807) is 11.3 Å². The van der Waals surface area contributed by atoms with Gasteiger partial charge in [0, 0.05) is 10.9 Å². The van der Waals surface area contributed by atoms with E-state index in [9.17, 15) is 0 Å². The first-order valence-electron chi connectivity index (χ1n) is 7.11. The standard InChI is InChI=1S/C14H21N5S/c1-4-19(10-5-6-10)7-11-16-13(18-15)12-8(2)9(3)20-14(12)17-11/h10H,4-7,15H2,1-3H3,(H,16,17,18). The molecule has 0 unspecified atom stereocenters. The summed E-state index contributed by atoms with van der Waals surface area (Å²) in [6.45, 7) is 8.25. The van der Waals surface area contributed by atoms with Gasteiger partial charge < -0.3 is 5.43 Å². The lowest BCUT2D eigenvalue weighted by Crippen LogP contribution is -2.26. The Balaban J connectivity index is 1.99. The van der Waals surface area contributed by atoms with Crippen molar-refractivity contribution >= 4 is 27.4 Å². The molecule has 0 radical (unpaired) electrons. The van der Waals surface area contributed by atoms with Gasteiger partial charge in [0.05, 0.1) is 11.9 Å². The summed E-state index contributed by atoms with van der Waals surface area (Å²) in [4.78, 5) is 14.1. The molecule has 108 valence electrons. The Hall–Kier alpha value is -1.24. The third-order valence-electron chi connectivity index (χ3n) is 4.03. The zero-order chi connectivity index (χ0) is 14.3. The summed E-state index contributed by atoms with van der Waals surface area (Å²) in [6.07, 6.45) is 2.60. The van der Waals surface area contributed by atoms with Crippen LogP contribution in [0.4, 0.5) is 5.82 Å². The predicted molar refractivity (Wildman–Crippen MR) is 83.8 cm³/mol. The lowest BCUT2D eigenvalue weighted by atomic mass is 10.2. The monoisotopic (exact) mass is 291 g/mol. The number of aryl methyl sites for hydroxylation is 2. The van der Waals surface area contributed by atoms with Gasteiger partial charge in [-0.25, -0.2) is 15.8 Å². The molecular weight excluding hydrogens is 270 g/mol. The maximum absolute atomic E-state index is 5.65. The Labute approximate surface area is 123 Å². The van der Waals surface area contributed by atoms with Crippen LogP contribution >= 0.6 is 11.3 Å². The van der Waals surface area contributed by atoms with Crippen molar-refractivity contribution < 1.29 is 0 Å². The van der Waals surface area contributed by atoms with Crippen LogP contribution in [-0.2, 0) is 6.54 Å². The molecule has 20 heavy (non-hydrogen) atoms. The van der Waals surface area contributed by atoms with E-state index in [0.29, 0.717) is 0 Å². The van der Waals surface area contributed by atoms with E-state index in [-0.39, 0.29) is 0 Å². The van der Waals surface area contributed by atoms with Crippen molar-refractivity contribution in [1.82, 2.24) is 14.9 Å². The van der Waals surface area contributed by atoms with Crippen molar-refractivity contribution in [1.29, 1.82) is 0 Å². The average molecular weight is 291 g/mol. The van der Waals surface area contributed by atoms with Gasteiger partial charge in [-0.2, -0.15) is 0 Å². The summed E-state index contributed by atoms with van der Waals surface area (Å²) in [7, 11) is 0. The van der Waals surface area contributed by atoms with E-state index in [4.69, 9.17) is 10.8 Å². The normalized spacial score (nSPS) is 15.2. The number of hydrogen-bond donors (Lipinski definition) is 2. The highest BCUT2D eigenvalue weighted by atomic mass is 32.1. The van der Waals surface area contributed by atoms with Crippen LogP contribution in [0.15, 0.2) is 0 Å². The van der Waals surface area contributed by atoms with E-state index in [0.717, 1.165) is 41.0 Å². The molecule has 1 aliphatic carbocycles. The maximum Gasteiger partial charge on any atom is 0.152 e. The molecule has 1 saturated carbocycles. The molecule has 0 amide bonds. The number of anilines is 1. The molecule has 0 bridgehead atoms. The zero-order valence-electron chi connectivity index (χ0n) is 12.2. The van der Waals surface area contributed by atoms with Crippen molar-refractivity contribution in [2.45, 2.75) is 46.2 Å². The van der Waals surface area contributed by atoms with Crippen LogP contribution in [-0.4, -0.2) is 27.5 Å². The largest absolute Gasteiger partial charge is 0.308 e. The van der Waals surface area contributed by atoms with Gasteiger partial charge in [0.1, 0.15) is 10.7 Å². The number of nitrogens with zero attached hydrogens (tertiary/aromatic N) is 3. The second-order valence-electron chi connectivity index (χ2n) is 5.39. The van der Waals surface area contributed by atoms with Crippen LogP contribution < -0.4 is 11.3 Å². The number of nitrogens with one attached hydrogen (secondary N) is 1. The number of rotatable bonds is 5. The SMILES string of the molecule is CCN(Cc1nc(NN)c2c(C)c(C)sc2n1)C1CC1. The molecule has 6 heteroatoms. The minimum Gasteiger partial charge on any atom is -0.308 e. The van der Waals surface area contributed by atoms with Gasteiger partial charge in [0.2, 0.25) is 0 Å². The van der Waals surface area contributed by atoms with Crippen molar-refractivity contribution in [2.75, 3.05) is 12.0 Å². The summed E-state index contributed by atoms with van der Waals surface area (Å²) in [6, 6.07) is 0.723. The van der Waals surface area contributed by atoms with Crippen LogP contribution in [0.3, 0.4) is 0 Å². The molecule has 1 aliphatic rings. The van der Waals surface area contributed by atoms with E-state index in [1.807, 2.05) is 0 Å². The van der Waals surface area contributed by atoms with Gasteiger partial charge in [-0.3, -0.25) is 4.90 Å². The highest BCUT2D eigenvalue weighted by Crippen LogP contribution is 2.33. The van der Waals surface area contributed by atoms with Crippen LogP contribution in [0.2, 0.25) is 0 Å². The Morgan fingerprint density at radius 3 is 2.70 bits per heavy atom. The first-order chi connectivity index (χ1) is 9.63. The fourth-order valence-electron chi connectivity index (χ4n) is 2.59. The van der Waals surface area contributed by atoms with Crippen molar-refractivity contribution in [2.24, 2.45) is 5.84 Å². The molecule has 2 aromatic heterocycles. The smallest absolute Gasteiger partial charge is 0.152 e. The number of hydrogen-bond acceptors (Lipinski definition) is 6. The van der Waals surface area contributed by atoms with Gasteiger partial charge in [0.15, 0.2) is 5.82 Å². The lowest BCUT2D eigenvalue weighted by Gasteiger charge is -2.18. The Kier molecular flexibility index (Phi) is 3.62. The molecule has 1 fully saturated rings. The minimum atomic E-state index is 0.723. The molecule has 0 spiro atoms. The van der Waals surface area contributed by atoms with E-state index < -0.39 is 0 Å². The van der Waals surface area contributed by atoms with Crippen molar-refractivity contribution in [3.05, 3.63) is 16.3 Å². The molecule has 3 N–H and O–H groups in total. The highest BCUT2D eigenvalue weighted by molar-refractivity contribution is 7.18. The second-order valence-corrected chi connectivity index (χ2v) is 6.59. The zero-order valence-corrected chi connectivity index (χ0v) is 13.0. The maximum atomic E-state index is 5.65. The van der Waals surface area contributed by atoms with Gasteiger partial charge in [-0.05, 0) is 38.8 Å². The number of thiophene rings is 1. The molecular formula is C14H21N5S. The van der Waals surface area contributed by atoms with E-state index >= 15 is 0 Å². The Bertz CT molecular complexity index is 632. The fraction of sp³-hybridized carbons (Fsp3) is 0.571. The van der Waals surface area contributed by atoms with Gasteiger partial charge in [-0.15, -0.1) is 11.3 Å². The average Bonchev–Trinajstić information content (AvgIpc) is 3.23.